The standard InChI is InChI=1S/C22H13ClF7N3O3/c23-15-2-1-3-16(24)18(15)19(34)33-20(35)32-14-4-5-17(31-9-14)36-10-11-6-12(21(25,26)27)8-13(7-11)22(28,29)30/h1-9H,10H2,(H2,32,33,34,35). The number of anilines is 1. The SMILES string of the molecule is O=C(NC(=O)c1c(F)cccc1Cl)Nc1ccc(OCc2cc(C(F)(F)F)cc(C(F)(F)F)c2)nc1. The maximum absolute atomic E-state index is 13.8. The molecule has 3 rings (SSSR count). The fourth-order valence-electron chi connectivity index (χ4n) is 2.84. The minimum atomic E-state index is -5.00. The monoisotopic (exact) mass is 535 g/mol. The summed E-state index contributed by atoms with van der Waals surface area (Å²) in [6.07, 6.45) is -8.95. The van der Waals surface area contributed by atoms with E-state index < -0.39 is 59.0 Å². The second-order valence-corrected chi connectivity index (χ2v) is 7.50. The van der Waals surface area contributed by atoms with Crippen LogP contribution in [0.2, 0.25) is 5.02 Å². The smallest absolute Gasteiger partial charge is 0.416 e. The minimum Gasteiger partial charge on any atom is -0.473 e. The second-order valence-electron chi connectivity index (χ2n) is 7.09. The number of nitrogens with one attached hydrogen (secondary N) is 2. The number of rotatable bonds is 5. The van der Waals surface area contributed by atoms with E-state index in [1.807, 2.05) is 5.32 Å². The number of urea groups is 1. The molecule has 0 unspecified atom stereocenters. The van der Waals surface area contributed by atoms with E-state index in [0.717, 1.165) is 12.3 Å². The highest BCUT2D eigenvalue weighted by Gasteiger charge is 2.36. The van der Waals surface area contributed by atoms with Gasteiger partial charge >= 0.3 is 18.4 Å². The van der Waals surface area contributed by atoms with Crippen LogP contribution < -0.4 is 15.4 Å². The first-order chi connectivity index (χ1) is 16.7. The Bertz CT molecular complexity index is 1230. The summed E-state index contributed by atoms with van der Waals surface area (Å²) < 4.78 is 96.7. The number of carbonyl (C=O) groups excluding carboxylic acids is 2. The third-order valence-corrected chi connectivity index (χ3v) is 4.76. The largest absolute Gasteiger partial charge is 0.473 e. The summed E-state index contributed by atoms with van der Waals surface area (Å²) in [6, 6.07) is 5.89. The lowest BCUT2D eigenvalue weighted by Crippen LogP contribution is -2.35. The van der Waals surface area contributed by atoms with Crippen LogP contribution in [0.15, 0.2) is 54.7 Å². The highest BCUT2D eigenvalue weighted by Crippen LogP contribution is 2.36. The van der Waals surface area contributed by atoms with Crippen LogP contribution in [0.5, 0.6) is 5.88 Å². The van der Waals surface area contributed by atoms with Crippen molar-refractivity contribution < 1.29 is 45.1 Å². The van der Waals surface area contributed by atoms with Crippen molar-refractivity contribution in [3.8, 4) is 5.88 Å². The summed E-state index contributed by atoms with van der Waals surface area (Å²) in [4.78, 5) is 27.8. The summed E-state index contributed by atoms with van der Waals surface area (Å²) in [6.45, 7) is -0.662. The number of benzene rings is 2. The van der Waals surface area contributed by atoms with Gasteiger partial charge in [0.1, 0.15) is 12.4 Å². The Morgan fingerprint density at radius 1 is 0.944 bits per heavy atom. The molecule has 1 heterocycles. The van der Waals surface area contributed by atoms with Crippen LogP contribution >= 0.6 is 11.6 Å². The van der Waals surface area contributed by atoms with Crippen LogP contribution in [0.4, 0.5) is 41.2 Å². The average molecular weight is 536 g/mol. The molecule has 2 aromatic carbocycles. The zero-order chi connectivity index (χ0) is 26.7. The molecular formula is C22H13ClF7N3O3. The molecule has 0 aliphatic carbocycles. The predicted molar refractivity (Wildman–Crippen MR) is 113 cm³/mol. The number of carbonyl (C=O) groups is 2. The van der Waals surface area contributed by atoms with Gasteiger partial charge in [-0.05, 0) is 42.0 Å². The van der Waals surface area contributed by atoms with Crippen molar-refractivity contribution in [2.24, 2.45) is 0 Å². The second kappa shape index (κ2) is 10.4. The van der Waals surface area contributed by atoms with Gasteiger partial charge in [-0.1, -0.05) is 17.7 Å². The molecule has 2 N–H and O–H groups in total. The molecule has 0 radical (unpaired) electrons. The number of hydrogen-bond acceptors (Lipinski definition) is 4. The fourth-order valence-corrected chi connectivity index (χ4v) is 3.09. The number of hydrogen-bond donors (Lipinski definition) is 2. The van der Waals surface area contributed by atoms with Gasteiger partial charge in [0.25, 0.3) is 5.91 Å². The van der Waals surface area contributed by atoms with Crippen LogP contribution in [0, 0.1) is 5.82 Å². The maximum Gasteiger partial charge on any atom is 0.416 e. The molecule has 3 amide bonds. The molecule has 0 aliphatic rings. The Morgan fingerprint density at radius 3 is 2.11 bits per heavy atom. The van der Waals surface area contributed by atoms with Crippen molar-refractivity contribution in [1.29, 1.82) is 0 Å². The Kier molecular flexibility index (Phi) is 7.72. The van der Waals surface area contributed by atoms with E-state index in [-0.39, 0.29) is 22.7 Å². The van der Waals surface area contributed by atoms with Crippen molar-refractivity contribution >= 4 is 29.2 Å². The fraction of sp³-hybridized carbons (Fsp3) is 0.136. The van der Waals surface area contributed by atoms with Gasteiger partial charge in [0.15, 0.2) is 0 Å². The molecule has 0 spiro atoms. The van der Waals surface area contributed by atoms with Crippen molar-refractivity contribution in [2.75, 3.05) is 5.32 Å². The van der Waals surface area contributed by atoms with Gasteiger partial charge < -0.3 is 10.1 Å². The molecule has 6 nitrogen and oxygen atoms in total. The molecular weight excluding hydrogens is 523 g/mol. The molecule has 0 aliphatic heterocycles. The van der Waals surface area contributed by atoms with E-state index in [2.05, 4.69) is 10.3 Å². The average Bonchev–Trinajstić information content (AvgIpc) is 2.77. The van der Waals surface area contributed by atoms with E-state index in [9.17, 15) is 40.3 Å². The van der Waals surface area contributed by atoms with Gasteiger partial charge in [0, 0.05) is 6.07 Å². The lowest BCUT2D eigenvalue weighted by molar-refractivity contribution is -0.143. The lowest BCUT2D eigenvalue weighted by Gasteiger charge is -2.14. The van der Waals surface area contributed by atoms with Crippen molar-refractivity contribution in [3.63, 3.8) is 0 Å². The number of alkyl halides is 6. The third kappa shape index (κ3) is 6.84. The van der Waals surface area contributed by atoms with E-state index in [1.54, 1.807) is 0 Å². The molecule has 0 bridgehead atoms. The van der Waals surface area contributed by atoms with Crippen molar-refractivity contribution in [1.82, 2.24) is 10.3 Å². The summed E-state index contributed by atoms with van der Waals surface area (Å²) in [5.74, 6) is -2.23. The van der Waals surface area contributed by atoms with Crippen LogP contribution in [-0.4, -0.2) is 16.9 Å². The summed E-state index contributed by atoms with van der Waals surface area (Å²) >= 11 is 5.75. The Labute approximate surface area is 203 Å². The number of pyridine rings is 1. The van der Waals surface area contributed by atoms with E-state index in [4.69, 9.17) is 16.3 Å². The van der Waals surface area contributed by atoms with Gasteiger partial charge in [0.05, 0.1) is 33.6 Å². The highest BCUT2D eigenvalue weighted by molar-refractivity contribution is 6.34. The number of amides is 3. The zero-order valence-electron chi connectivity index (χ0n) is 17.6. The first-order valence-electron chi connectivity index (χ1n) is 9.67. The Morgan fingerprint density at radius 2 is 1.58 bits per heavy atom. The van der Waals surface area contributed by atoms with Gasteiger partial charge in [-0.15, -0.1) is 0 Å². The number of imide groups is 1. The zero-order valence-corrected chi connectivity index (χ0v) is 18.4. The summed E-state index contributed by atoms with van der Waals surface area (Å²) in [7, 11) is 0. The minimum absolute atomic E-state index is 0.00185. The summed E-state index contributed by atoms with van der Waals surface area (Å²) in [5.41, 5.74) is -3.88. The van der Waals surface area contributed by atoms with Crippen molar-refractivity contribution in [2.45, 2.75) is 19.0 Å². The van der Waals surface area contributed by atoms with E-state index >= 15 is 0 Å². The Hall–Kier alpha value is -3.87. The molecule has 3 aromatic rings. The van der Waals surface area contributed by atoms with Gasteiger partial charge in [-0.3, -0.25) is 10.1 Å². The summed E-state index contributed by atoms with van der Waals surface area (Å²) in [5, 5.41) is 3.88. The molecule has 0 saturated carbocycles. The van der Waals surface area contributed by atoms with Crippen molar-refractivity contribution in [3.05, 3.63) is 87.8 Å². The molecule has 0 atom stereocenters. The van der Waals surface area contributed by atoms with E-state index in [0.29, 0.717) is 12.1 Å². The molecule has 0 saturated heterocycles. The molecule has 36 heavy (non-hydrogen) atoms. The quantitative estimate of drug-likeness (QED) is 0.368. The van der Waals surface area contributed by atoms with Crippen LogP contribution in [-0.2, 0) is 19.0 Å². The highest BCUT2D eigenvalue weighted by atomic mass is 35.5. The maximum atomic E-state index is 13.8. The molecule has 1 aromatic heterocycles. The topological polar surface area (TPSA) is 80.3 Å². The van der Waals surface area contributed by atoms with E-state index in [1.165, 1.54) is 24.3 Å². The van der Waals surface area contributed by atoms with Crippen LogP contribution in [0.3, 0.4) is 0 Å². The number of nitrogens with zero attached hydrogens (tertiary/aromatic N) is 1. The van der Waals surface area contributed by atoms with Gasteiger partial charge in [-0.25, -0.2) is 14.2 Å². The van der Waals surface area contributed by atoms with Crippen LogP contribution in [0.1, 0.15) is 27.0 Å². The molecule has 14 heteroatoms. The lowest BCUT2D eigenvalue weighted by atomic mass is 10.1. The number of ether oxygens (including phenoxy) is 1. The first kappa shape index (κ1) is 26.7. The normalized spacial score (nSPS) is 11.7. The third-order valence-electron chi connectivity index (χ3n) is 4.45. The van der Waals surface area contributed by atoms with Gasteiger partial charge in [-0.2, -0.15) is 26.3 Å². The number of aromatic nitrogens is 1. The molecule has 190 valence electrons. The molecule has 0 fully saturated rings. The van der Waals surface area contributed by atoms with Gasteiger partial charge in [0.2, 0.25) is 5.88 Å². The predicted octanol–water partition coefficient (Wildman–Crippen LogP) is 6.45. The Balaban J connectivity index is 1.63. The number of halogens is 8. The first-order valence-corrected chi connectivity index (χ1v) is 10.1. The van der Waals surface area contributed by atoms with Crippen LogP contribution in [0.25, 0.3) is 0 Å².